The molecule has 1 aromatic carbocycles. The van der Waals surface area contributed by atoms with E-state index in [-0.39, 0.29) is 25.3 Å². The van der Waals surface area contributed by atoms with E-state index in [0.717, 1.165) is 11.1 Å². The van der Waals surface area contributed by atoms with Crippen molar-refractivity contribution in [2.75, 3.05) is 18.9 Å². The quantitative estimate of drug-likeness (QED) is 0.302. The van der Waals surface area contributed by atoms with E-state index >= 15 is 0 Å². The molecule has 2 unspecified atom stereocenters. The molecule has 9 nitrogen and oxygen atoms in total. The molecule has 0 fully saturated rings. The first kappa shape index (κ1) is 31.3. The van der Waals surface area contributed by atoms with E-state index in [2.05, 4.69) is 23.3 Å². The van der Waals surface area contributed by atoms with Gasteiger partial charge in [-0.15, -0.1) is 0 Å². The molecule has 0 saturated heterocycles. The van der Waals surface area contributed by atoms with Gasteiger partial charge < -0.3 is 25.0 Å². The fraction of sp³-hybridized carbons (Fsp3) is 0.615. The van der Waals surface area contributed by atoms with Crippen molar-refractivity contribution in [1.29, 1.82) is 0 Å². The molecule has 1 aromatic rings. The van der Waals surface area contributed by atoms with E-state index in [1.165, 1.54) is 4.90 Å². The number of hydrogen-bond acceptors (Lipinski definition) is 7. The molecule has 0 aromatic heterocycles. The fourth-order valence-electron chi connectivity index (χ4n) is 3.60. The van der Waals surface area contributed by atoms with Crippen molar-refractivity contribution < 1.29 is 28.7 Å². The van der Waals surface area contributed by atoms with E-state index in [9.17, 15) is 19.2 Å². The molecule has 0 aliphatic carbocycles. The molecule has 2 atom stereocenters. The molecule has 0 saturated carbocycles. The number of benzene rings is 1. The third kappa shape index (κ3) is 9.37. The average Bonchev–Trinajstić information content (AvgIpc) is 2.76. The van der Waals surface area contributed by atoms with E-state index in [4.69, 9.17) is 9.47 Å². The van der Waals surface area contributed by atoms with E-state index < -0.39 is 47.6 Å². The molecule has 0 spiro atoms. The summed E-state index contributed by atoms with van der Waals surface area (Å²) in [5.74, 6) is -1.33. The Bertz CT molecular complexity index is 929. The molecule has 10 heteroatoms. The normalized spacial score (nSPS) is 12.9. The number of alkyl carbamates (subject to hydrolysis) is 1. The molecule has 202 valence electrons. The van der Waals surface area contributed by atoms with Crippen molar-refractivity contribution in [3.8, 4) is 0 Å². The van der Waals surface area contributed by atoms with Crippen LogP contribution >= 0.6 is 12.6 Å². The Morgan fingerprint density at radius 2 is 1.75 bits per heavy atom. The van der Waals surface area contributed by atoms with Crippen molar-refractivity contribution in [1.82, 2.24) is 15.5 Å². The number of esters is 1. The van der Waals surface area contributed by atoms with Gasteiger partial charge in [-0.1, -0.05) is 18.2 Å². The summed E-state index contributed by atoms with van der Waals surface area (Å²) < 4.78 is 10.2. The molecule has 0 heterocycles. The van der Waals surface area contributed by atoms with Crippen LogP contribution in [0.4, 0.5) is 4.79 Å². The number of nitrogens with one attached hydrogen (secondary N) is 2. The summed E-state index contributed by atoms with van der Waals surface area (Å²) in [5.41, 5.74) is 1.74. The molecular weight excluding hydrogens is 482 g/mol. The number of rotatable bonds is 11. The fourth-order valence-corrected chi connectivity index (χ4v) is 3.85. The highest BCUT2D eigenvalue weighted by atomic mass is 32.1. The van der Waals surface area contributed by atoms with Crippen LogP contribution in [0.5, 0.6) is 0 Å². The van der Waals surface area contributed by atoms with Crippen molar-refractivity contribution in [2.24, 2.45) is 0 Å². The minimum Gasteiger partial charge on any atom is -0.466 e. The van der Waals surface area contributed by atoms with Crippen LogP contribution in [0.3, 0.4) is 0 Å². The number of aryl methyl sites for hydroxylation is 1. The molecule has 1 rings (SSSR count). The summed E-state index contributed by atoms with van der Waals surface area (Å²) in [6, 6.07) is 3.14. The van der Waals surface area contributed by atoms with Gasteiger partial charge in [0.05, 0.1) is 13.0 Å². The lowest BCUT2D eigenvalue weighted by molar-refractivity contribution is -0.145. The monoisotopic (exact) mass is 523 g/mol. The largest absolute Gasteiger partial charge is 0.466 e. The summed E-state index contributed by atoms with van der Waals surface area (Å²) >= 11 is 4.28. The Morgan fingerprint density at radius 1 is 1.11 bits per heavy atom. The summed E-state index contributed by atoms with van der Waals surface area (Å²) in [5, 5.41) is 5.35. The van der Waals surface area contributed by atoms with Gasteiger partial charge in [-0.2, -0.15) is 12.6 Å². The van der Waals surface area contributed by atoms with Crippen LogP contribution in [0, 0.1) is 13.8 Å². The number of ether oxygens (including phenoxy) is 2. The Balaban J connectivity index is 3.36. The van der Waals surface area contributed by atoms with Gasteiger partial charge in [0.1, 0.15) is 17.7 Å². The lowest BCUT2D eigenvalue weighted by atomic mass is 9.94. The van der Waals surface area contributed by atoms with Gasteiger partial charge in [0, 0.05) is 18.3 Å². The molecule has 36 heavy (non-hydrogen) atoms. The first-order chi connectivity index (χ1) is 16.7. The maximum absolute atomic E-state index is 13.8. The zero-order valence-electron chi connectivity index (χ0n) is 22.6. The van der Waals surface area contributed by atoms with E-state index in [1.54, 1.807) is 47.6 Å². The molecule has 0 radical (unpaired) electrons. The van der Waals surface area contributed by atoms with Crippen LogP contribution in [0.15, 0.2) is 18.2 Å². The van der Waals surface area contributed by atoms with Gasteiger partial charge in [0.15, 0.2) is 0 Å². The third-order valence-electron chi connectivity index (χ3n) is 5.38. The molecule has 2 N–H and O–H groups in total. The van der Waals surface area contributed by atoms with Gasteiger partial charge in [-0.05, 0) is 72.1 Å². The van der Waals surface area contributed by atoms with Crippen LogP contribution < -0.4 is 10.6 Å². The summed E-state index contributed by atoms with van der Waals surface area (Å²) in [4.78, 5) is 52.9. The second-order valence-corrected chi connectivity index (χ2v) is 10.1. The molecular formula is C26H41N3O6S. The van der Waals surface area contributed by atoms with E-state index in [1.807, 2.05) is 26.0 Å². The number of carbonyl (C=O) groups excluding carboxylic acids is 4. The Morgan fingerprint density at radius 3 is 2.28 bits per heavy atom. The standard InChI is InChI=1S/C26H41N3O6S/c1-9-34-21(30)13-14-27-23(31)22(19-12-10-11-17(4)18(19)5)29(16(2)3)24(32)20(15-36)28-25(33)35-26(6,7)8/h10-12,16,20,22,36H,9,13-15H2,1-8H3,(H,27,31)(H,28,33). The number of thiol groups is 1. The third-order valence-corrected chi connectivity index (χ3v) is 5.75. The first-order valence-corrected chi connectivity index (χ1v) is 12.8. The molecule has 0 aliphatic rings. The Hall–Kier alpha value is -2.75. The molecule has 0 bridgehead atoms. The zero-order valence-corrected chi connectivity index (χ0v) is 23.5. The highest BCUT2D eigenvalue weighted by Crippen LogP contribution is 2.29. The predicted molar refractivity (Wildman–Crippen MR) is 142 cm³/mol. The van der Waals surface area contributed by atoms with Crippen molar-refractivity contribution in [3.05, 3.63) is 34.9 Å². The summed E-state index contributed by atoms with van der Waals surface area (Å²) in [6.45, 7) is 14.6. The summed E-state index contributed by atoms with van der Waals surface area (Å²) in [6.07, 6.45) is -0.741. The number of nitrogens with zero attached hydrogens (tertiary/aromatic N) is 1. The molecule has 0 aliphatic heterocycles. The Labute approximate surface area is 220 Å². The van der Waals surface area contributed by atoms with Gasteiger partial charge in [-0.25, -0.2) is 4.79 Å². The number of amides is 3. The van der Waals surface area contributed by atoms with Gasteiger partial charge in [0.25, 0.3) is 0 Å². The first-order valence-electron chi connectivity index (χ1n) is 12.1. The van der Waals surface area contributed by atoms with Crippen LogP contribution in [-0.4, -0.2) is 65.4 Å². The predicted octanol–water partition coefficient (Wildman–Crippen LogP) is 3.47. The second kappa shape index (κ2) is 14.1. The minimum absolute atomic E-state index is 0.00525. The topological polar surface area (TPSA) is 114 Å². The minimum atomic E-state index is -1.02. The van der Waals surface area contributed by atoms with Crippen LogP contribution in [0.2, 0.25) is 0 Å². The van der Waals surface area contributed by atoms with Crippen LogP contribution in [-0.2, 0) is 23.9 Å². The highest BCUT2D eigenvalue weighted by molar-refractivity contribution is 7.80. The summed E-state index contributed by atoms with van der Waals surface area (Å²) in [7, 11) is 0. The number of hydrogen-bond donors (Lipinski definition) is 3. The average molecular weight is 524 g/mol. The zero-order chi connectivity index (χ0) is 27.6. The lowest BCUT2D eigenvalue weighted by Gasteiger charge is -2.37. The second-order valence-electron chi connectivity index (χ2n) is 9.76. The maximum Gasteiger partial charge on any atom is 0.408 e. The van der Waals surface area contributed by atoms with Crippen molar-refractivity contribution in [3.63, 3.8) is 0 Å². The SMILES string of the molecule is CCOC(=O)CCNC(=O)C(c1cccc(C)c1C)N(C(=O)C(CS)NC(=O)OC(C)(C)C)C(C)C. The lowest BCUT2D eigenvalue weighted by Crippen LogP contribution is -2.56. The highest BCUT2D eigenvalue weighted by Gasteiger charge is 2.38. The van der Waals surface area contributed by atoms with Crippen LogP contribution in [0.1, 0.15) is 70.7 Å². The van der Waals surface area contributed by atoms with Gasteiger partial charge >= 0.3 is 12.1 Å². The van der Waals surface area contributed by atoms with Gasteiger partial charge in [0.2, 0.25) is 11.8 Å². The Kier molecular flexibility index (Phi) is 12.3. The van der Waals surface area contributed by atoms with Gasteiger partial charge in [-0.3, -0.25) is 14.4 Å². The van der Waals surface area contributed by atoms with Crippen LogP contribution in [0.25, 0.3) is 0 Å². The number of carbonyl (C=O) groups is 4. The molecule has 3 amide bonds. The van der Waals surface area contributed by atoms with Crippen molar-refractivity contribution >= 4 is 36.5 Å². The maximum atomic E-state index is 13.8. The van der Waals surface area contributed by atoms with E-state index in [0.29, 0.717) is 5.56 Å². The smallest absolute Gasteiger partial charge is 0.408 e. The van der Waals surface area contributed by atoms with Crippen molar-refractivity contribution in [2.45, 2.75) is 85.5 Å².